The molecule has 3 fully saturated rings. The molecule has 1 aliphatic carbocycles. The highest BCUT2D eigenvalue weighted by Gasteiger charge is 2.55. The maximum Gasteiger partial charge on any atom is 0.243 e. The van der Waals surface area contributed by atoms with Crippen LogP contribution in [0, 0.1) is 40.1 Å². The van der Waals surface area contributed by atoms with E-state index in [0.717, 1.165) is 12.5 Å². The van der Waals surface area contributed by atoms with E-state index < -0.39 is 28.9 Å². The summed E-state index contributed by atoms with van der Waals surface area (Å²) in [4.78, 5) is 28.8. The molecule has 0 aromatic heterocycles. The van der Waals surface area contributed by atoms with E-state index >= 15 is 0 Å². The average molecular weight is 420 g/mol. The number of hydrogen-bond acceptors (Lipinski definition) is 4. The van der Waals surface area contributed by atoms with Crippen LogP contribution in [0.4, 0.5) is 13.2 Å². The van der Waals surface area contributed by atoms with Gasteiger partial charge in [0.1, 0.15) is 11.2 Å². The molecule has 3 atom stereocenters. The predicted octanol–water partition coefficient (Wildman–Crippen LogP) is 1.73. The molecule has 2 aliphatic heterocycles. The number of nitrogens with two attached hydrogens (primary N) is 1. The second-order valence-electron chi connectivity index (χ2n) is 8.63. The number of nitriles is 1. The Morgan fingerprint density at radius 1 is 1.20 bits per heavy atom. The van der Waals surface area contributed by atoms with Crippen LogP contribution in [-0.2, 0) is 16.0 Å². The van der Waals surface area contributed by atoms with Crippen molar-refractivity contribution < 1.29 is 22.8 Å². The highest BCUT2D eigenvalue weighted by Crippen LogP contribution is 2.47. The first kappa shape index (κ1) is 20.7. The number of hydrogen-bond donors (Lipinski definition) is 1. The fraction of sp³-hybridized carbons (Fsp3) is 0.571. The number of rotatable bonds is 5. The third kappa shape index (κ3) is 3.65. The summed E-state index contributed by atoms with van der Waals surface area (Å²) in [6.07, 6.45) is 1.80. The molecule has 2 amide bonds. The van der Waals surface area contributed by atoms with Gasteiger partial charge in [0.05, 0.1) is 12.1 Å². The van der Waals surface area contributed by atoms with Gasteiger partial charge in [0.25, 0.3) is 0 Å². The summed E-state index contributed by atoms with van der Waals surface area (Å²) in [7, 11) is 0. The second kappa shape index (κ2) is 7.58. The van der Waals surface area contributed by atoms with E-state index in [-0.39, 0.29) is 42.2 Å². The SMILES string of the molecule is N#CC1(C(=O)N2CC3CCN(C(=O)C[C@H](N)Cc4cc(F)c(F)cc4F)[C@@H]3C2)CC1. The lowest BCUT2D eigenvalue weighted by molar-refractivity contribution is -0.136. The largest absolute Gasteiger partial charge is 0.339 e. The molecule has 0 radical (unpaired) electrons. The van der Waals surface area contributed by atoms with E-state index in [0.29, 0.717) is 38.5 Å². The first-order valence-electron chi connectivity index (χ1n) is 10.1. The number of carbonyl (C=O) groups is 2. The number of halogens is 3. The molecular weight excluding hydrogens is 397 g/mol. The van der Waals surface area contributed by atoms with Crippen molar-refractivity contribution in [2.45, 2.75) is 44.2 Å². The Morgan fingerprint density at radius 3 is 2.57 bits per heavy atom. The van der Waals surface area contributed by atoms with E-state index in [2.05, 4.69) is 6.07 Å². The van der Waals surface area contributed by atoms with Crippen LogP contribution in [0.2, 0.25) is 0 Å². The van der Waals surface area contributed by atoms with Gasteiger partial charge < -0.3 is 15.5 Å². The Morgan fingerprint density at radius 2 is 1.90 bits per heavy atom. The first-order chi connectivity index (χ1) is 14.2. The Balaban J connectivity index is 1.36. The zero-order valence-corrected chi connectivity index (χ0v) is 16.4. The van der Waals surface area contributed by atoms with Gasteiger partial charge in [-0.15, -0.1) is 0 Å². The van der Waals surface area contributed by atoms with Crippen molar-refractivity contribution in [1.82, 2.24) is 9.80 Å². The Labute approximate surface area is 172 Å². The van der Waals surface area contributed by atoms with Crippen molar-refractivity contribution in [2.75, 3.05) is 19.6 Å². The van der Waals surface area contributed by atoms with E-state index in [4.69, 9.17) is 5.73 Å². The molecule has 160 valence electrons. The molecule has 2 N–H and O–H groups in total. The highest BCUT2D eigenvalue weighted by atomic mass is 19.2. The third-order valence-corrected chi connectivity index (χ3v) is 6.54. The molecule has 1 aromatic carbocycles. The summed E-state index contributed by atoms with van der Waals surface area (Å²) < 4.78 is 40.3. The van der Waals surface area contributed by atoms with Gasteiger partial charge in [-0.1, -0.05) is 0 Å². The number of carbonyl (C=O) groups excluding carboxylic acids is 2. The minimum Gasteiger partial charge on any atom is -0.339 e. The zero-order chi connectivity index (χ0) is 21.6. The fourth-order valence-electron chi connectivity index (χ4n) is 4.65. The van der Waals surface area contributed by atoms with Gasteiger partial charge in [0, 0.05) is 44.1 Å². The van der Waals surface area contributed by atoms with Gasteiger partial charge in [0.15, 0.2) is 11.6 Å². The fourth-order valence-corrected chi connectivity index (χ4v) is 4.65. The van der Waals surface area contributed by atoms with Gasteiger partial charge >= 0.3 is 0 Å². The lowest BCUT2D eigenvalue weighted by atomic mass is 10.0. The smallest absolute Gasteiger partial charge is 0.243 e. The second-order valence-corrected chi connectivity index (χ2v) is 8.63. The molecule has 0 spiro atoms. The molecule has 4 rings (SSSR count). The molecule has 2 heterocycles. The summed E-state index contributed by atoms with van der Waals surface area (Å²) in [6, 6.07) is 2.51. The average Bonchev–Trinajstić information content (AvgIpc) is 3.23. The van der Waals surface area contributed by atoms with Crippen LogP contribution in [0.15, 0.2) is 12.1 Å². The van der Waals surface area contributed by atoms with Crippen LogP contribution in [-0.4, -0.2) is 53.3 Å². The Bertz CT molecular complexity index is 928. The molecule has 0 bridgehead atoms. The van der Waals surface area contributed by atoms with Crippen LogP contribution in [0.5, 0.6) is 0 Å². The molecule has 2 saturated heterocycles. The standard InChI is InChI=1S/C21H23F3N4O2/c22-15-8-17(24)16(23)6-13(15)5-14(26)7-19(29)28-4-1-12-9-27(10-18(12)28)20(30)21(11-25)2-3-21/h6,8,12,14,18H,1-5,7,9-10,26H2/t12?,14-,18-/m1/s1. The van der Waals surface area contributed by atoms with Crippen LogP contribution < -0.4 is 5.73 Å². The summed E-state index contributed by atoms with van der Waals surface area (Å²) in [5, 5.41) is 9.26. The van der Waals surface area contributed by atoms with Crippen molar-refractivity contribution in [1.29, 1.82) is 5.26 Å². The number of fused-ring (bicyclic) bond motifs is 1. The van der Waals surface area contributed by atoms with Gasteiger partial charge in [-0.25, -0.2) is 13.2 Å². The van der Waals surface area contributed by atoms with Gasteiger partial charge in [-0.05, 0) is 37.3 Å². The third-order valence-electron chi connectivity index (χ3n) is 6.54. The molecule has 1 unspecified atom stereocenters. The number of benzene rings is 1. The lowest BCUT2D eigenvalue weighted by Crippen LogP contribution is -2.44. The molecule has 1 aromatic rings. The predicted molar refractivity (Wildman–Crippen MR) is 100 cm³/mol. The van der Waals surface area contributed by atoms with Crippen LogP contribution in [0.1, 0.15) is 31.2 Å². The molecule has 30 heavy (non-hydrogen) atoms. The molecule has 6 nitrogen and oxygen atoms in total. The first-order valence-corrected chi connectivity index (χ1v) is 10.1. The maximum absolute atomic E-state index is 13.8. The summed E-state index contributed by atoms with van der Waals surface area (Å²) >= 11 is 0. The van der Waals surface area contributed by atoms with E-state index in [9.17, 15) is 28.0 Å². The van der Waals surface area contributed by atoms with Crippen LogP contribution in [0.3, 0.4) is 0 Å². The summed E-state index contributed by atoms with van der Waals surface area (Å²) in [6.45, 7) is 1.51. The van der Waals surface area contributed by atoms with Crippen LogP contribution >= 0.6 is 0 Å². The molecule has 1 saturated carbocycles. The van der Waals surface area contributed by atoms with Crippen molar-refractivity contribution in [3.63, 3.8) is 0 Å². The Hall–Kier alpha value is -2.60. The Kier molecular flexibility index (Phi) is 5.22. The summed E-state index contributed by atoms with van der Waals surface area (Å²) in [5.41, 5.74) is 5.05. The van der Waals surface area contributed by atoms with Crippen molar-refractivity contribution in [2.24, 2.45) is 17.1 Å². The molecule has 9 heteroatoms. The lowest BCUT2D eigenvalue weighted by Gasteiger charge is -2.27. The van der Waals surface area contributed by atoms with E-state index in [1.165, 1.54) is 0 Å². The molecule has 3 aliphatic rings. The maximum atomic E-state index is 13.8. The van der Waals surface area contributed by atoms with Gasteiger partial charge in [0.2, 0.25) is 11.8 Å². The number of amides is 2. The van der Waals surface area contributed by atoms with Gasteiger partial charge in [-0.2, -0.15) is 5.26 Å². The summed E-state index contributed by atoms with van der Waals surface area (Å²) in [5.74, 6) is -3.49. The van der Waals surface area contributed by atoms with Crippen molar-refractivity contribution >= 4 is 11.8 Å². The van der Waals surface area contributed by atoms with Crippen LogP contribution in [0.25, 0.3) is 0 Å². The quantitative estimate of drug-likeness (QED) is 0.735. The van der Waals surface area contributed by atoms with Crippen molar-refractivity contribution in [3.05, 3.63) is 35.1 Å². The molecular formula is C21H23F3N4O2. The van der Waals surface area contributed by atoms with E-state index in [1.807, 2.05) is 0 Å². The normalized spacial score (nSPS) is 25.0. The number of likely N-dealkylation sites (tertiary alicyclic amines) is 2. The highest BCUT2D eigenvalue weighted by molar-refractivity contribution is 5.88. The topological polar surface area (TPSA) is 90.4 Å². The van der Waals surface area contributed by atoms with Crippen molar-refractivity contribution in [3.8, 4) is 6.07 Å². The van der Waals surface area contributed by atoms with E-state index in [1.54, 1.807) is 9.80 Å². The monoisotopic (exact) mass is 420 g/mol. The zero-order valence-electron chi connectivity index (χ0n) is 16.4. The van der Waals surface area contributed by atoms with Gasteiger partial charge in [-0.3, -0.25) is 9.59 Å². The number of nitrogens with zero attached hydrogens (tertiary/aromatic N) is 3. The minimum absolute atomic E-state index is 0.0578. The minimum atomic E-state index is -1.27.